The largest absolute Gasteiger partial charge is 0.495 e. The summed E-state index contributed by atoms with van der Waals surface area (Å²) in [6.45, 7) is 2.87. The Hall–Kier alpha value is -1.28. The summed E-state index contributed by atoms with van der Waals surface area (Å²) in [6.07, 6.45) is 0. The molecular formula is C13H15ClN2O2. The van der Waals surface area contributed by atoms with Crippen LogP contribution in [0.3, 0.4) is 0 Å². The Kier molecular flexibility index (Phi) is 4.43. The van der Waals surface area contributed by atoms with Crippen LogP contribution in [-0.2, 0) is 4.74 Å². The van der Waals surface area contributed by atoms with Gasteiger partial charge in [-0.25, -0.2) is 0 Å². The lowest BCUT2D eigenvalue weighted by Gasteiger charge is -2.30. The minimum atomic E-state index is -0.280. The van der Waals surface area contributed by atoms with E-state index in [1.165, 1.54) is 0 Å². The van der Waals surface area contributed by atoms with Crippen molar-refractivity contribution in [3.8, 4) is 11.8 Å². The van der Waals surface area contributed by atoms with E-state index in [2.05, 4.69) is 11.0 Å². The third-order valence-corrected chi connectivity index (χ3v) is 3.32. The number of nitriles is 1. The van der Waals surface area contributed by atoms with Gasteiger partial charge in [-0.15, -0.1) is 0 Å². The van der Waals surface area contributed by atoms with Gasteiger partial charge in [-0.2, -0.15) is 5.26 Å². The Morgan fingerprint density at radius 2 is 2.17 bits per heavy atom. The molecule has 0 aliphatic carbocycles. The van der Waals surface area contributed by atoms with E-state index in [1.54, 1.807) is 19.2 Å². The summed E-state index contributed by atoms with van der Waals surface area (Å²) in [5.41, 5.74) is 0.894. The highest BCUT2D eigenvalue weighted by molar-refractivity contribution is 6.32. The molecule has 0 bridgehead atoms. The average Bonchev–Trinajstić information content (AvgIpc) is 2.41. The summed E-state index contributed by atoms with van der Waals surface area (Å²) in [5, 5.41) is 9.87. The van der Waals surface area contributed by atoms with E-state index < -0.39 is 0 Å². The lowest BCUT2D eigenvalue weighted by atomic mass is 10.1. The van der Waals surface area contributed by atoms with Crippen molar-refractivity contribution >= 4 is 11.6 Å². The molecule has 1 aromatic carbocycles. The molecule has 1 saturated heterocycles. The van der Waals surface area contributed by atoms with E-state index >= 15 is 0 Å². The lowest BCUT2D eigenvalue weighted by Crippen LogP contribution is -2.38. The van der Waals surface area contributed by atoms with Gasteiger partial charge in [-0.3, -0.25) is 4.90 Å². The van der Waals surface area contributed by atoms with Gasteiger partial charge < -0.3 is 9.47 Å². The Labute approximate surface area is 112 Å². The molecule has 1 aromatic rings. The van der Waals surface area contributed by atoms with Gasteiger partial charge in [-0.05, 0) is 17.7 Å². The number of morpholine rings is 1. The van der Waals surface area contributed by atoms with Crippen LogP contribution in [0.4, 0.5) is 0 Å². The first-order valence-electron chi connectivity index (χ1n) is 5.81. The van der Waals surface area contributed by atoms with Crippen LogP contribution in [-0.4, -0.2) is 38.3 Å². The summed E-state index contributed by atoms with van der Waals surface area (Å²) in [5.74, 6) is 0.624. The fourth-order valence-corrected chi connectivity index (χ4v) is 2.32. The second-order valence-electron chi connectivity index (χ2n) is 4.07. The first-order chi connectivity index (χ1) is 8.76. The number of halogens is 1. The molecule has 0 N–H and O–H groups in total. The van der Waals surface area contributed by atoms with Crippen molar-refractivity contribution < 1.29 is 9.47 Å². The molecule has 1 unspecified atom stereocenters. The highest BCUT2D eigenvalue weighted by Gasteiger charge is 2.22. The molecule has 1 fully saturated rings. The molecule has 0 saturated carbocycles. The summed E-state index contributed by atoms with van der Waals surface area (Å²) in [6, 6.07) is 7.52. The molecule has 1 aliphatic rings. The van der Waals surface area contributed by atoms with Gasteiger partial charge in [-0.1, -0.05) is 17.7 Å². The number of hydrogen-bond acceptors (Lipinski definition) is 4. The average molecular weight is 267 g/mol. The predicted octanol–water partition coefficient (Wildman–Crippen LogP) is 2.25. The molecule has 0 spiro atoms. The zero-order valence-electron chi connectivity index (χ0n) is 10.2. The Morgan fingerprint density at radius 1 is 1.44 bits per heavy atom. The van der Waals surface area contributed by atoms with Crippen molar-refractivity contribution in [1.82, 2.24) is 4.90 Å². The molecule has 4 nitrogen and oxygen atoms in total. The normalized spacial score (nSPS) is 18.1. The standard InChI is InChI=1S/C13H15ClN2O2/c1-17-13-3-2-10(8-11(13)14)12(9-15)16-4-6-18-7-5-16/h2-3,8,12H,4-7H2,1H3. The van der Waals surface area contributed by atoms with Gasteiger partial charge in [0.05, 0.1) is 31.4 Å². The van der Waals surface area contributed by atoms with Crippen LogP contribution in [0, 0.1) is 11.3 Å². The second-order valence-corrected chi connectivity index (χ2v) is 4.48. The molecule has 1 heterocycles. The third-order valence-electron chi connectivity index (χ3n) is 3.02. The maximum Gasteiger partial charge on any atom is 0.137 e. The number of benzene rings is 1. The maximum absolute atomic E-state index is 9.34. The van der Waals surface area contributed by atoms with E-state index in [0.717, 1.165) is 18.7 Å². The molecule has 0 aromatic heterocycles. The van der Waals surface area contributed by atoms with Gasteiger partial charge in [0.2, 0.25) is 0 Å². The maximum atomic E-state index is 9.34. The number of rotatable bonds is 3. The van der Waals surface area contributed by atoms with Crippen molar-refractivity contribution in [2.24, 2.45) is 0 Å². The van der Waals surface area contributed by atoms with Crippen LogP contribution < -0.4 is 4.74 Å². The van der Waals surface area contributed by atoms with E-state index in [-0.39, 0.29) is 6.04 Å². The summed E-state index contributed by atoms with van der Waals surface area (Å²) < 4.78 is 10.4. The highest BCUT2D eigenvalue weighted by atomic mass is 35.5. The fourth-order valence-electron chi connectivity index (χ4n) is 2.06. The highest BCUT2D eigenvalue weighted by Crippen LogP contribution is 2.29. The Bertz CT molecular complexity index is 453. The van der Waals surface area contributed by atoms with Crippen molar-refractivity contribution in [3.63, 3.8) is 0 Å². The number of nitrogens with zero attached hydrogens (tertiary/aromatic N) is 2. The van der Waals surface area contributed by atoms with Crippen LogP contribution in [0.15, 0.2) is 18.2 Å². The third kappa shape index (κ3) is 2.75. The summed E-state index contributed by atoms with van der Waals surface area (Å²) in [4.78, 5) is 2.10. The van der Waals surface area contributed by atoms with E-state index in [9.17, 15) is 5.26 Å². The van der Waals surface area contributed by atoms with Crippen molar-refractivity contribution in [2.45, 2.75) is 6.04 Å². The fraction of sp³-hybridized carbons (Fsp3) is 0.462. The monoisotopic (exact) mass is 266 g/mol. The van der Waals surface area contributed by atoms with Gasteiger partial charge in [0.25, 0.3) is 0 Å². The van der Waals surface area contributed by atoms with Crippen LogP contribution in [0.5, 0.6) is 5.75 Å². The molecule has 5 heteroatoms. The second kappa shape index (κ2) is 6.05. The number of methoxy groups -OCH3 is 1. The lowest BCUT2D eigenvalue weighted by molar-refractivity contribution is 0.0266. The number of hydrogen-bond donors (Lipinski definition) is 0. The molecule has 0 amide bonds. The van der Waals surface area contributed by atoms with Crippen LogP contribution in [0.2, 0.25) is 5.02 Å². The van der Waals surface area contributed by atoms with Gasteiger partial charge in [0.15, 0.2) is 0 Å². The zero-order chi connectivity index (χ0) is 13.0. The molecule has 1 atom stereocenters. The first kappa shape index (κ1) is 13.2. The van der Waals surface area contributed by atoms with Crippen molar-refractivity contribution in [3.05, 3.63) is 28.8 Å². The topological polar surface area (TPSA) is 45.5 Å². The van der Waals surface area contributed by atoms with Gasteiger partial charge >= 0.3 is 0 Å². The molecule has 2 rings (SSSR count). The Balaban J connectivity index is 2.22. The van der Waals surface area contributed by atoms with Crippen molar-refractivity contribution in [2.75, 3.05) is 33.4 Å². The van der Waals surface area contributed by atoms with Gasteiger partial charge in [0, 0.05) is 13.1 Å². The predicted molar refractivity (Wildman–Crippen MR) is 68.8 cm³/mol. The van der Waals surface area contributed by atoms with Gasteiger partial charge in [0.1, 0.15) is 11.8 Å². The molecule has 0 radical (unpaired) electrons. The Morgan fingerprint density at radius 3 is 2.72 bits per heavy atom. The van der Waals surface area contributed by atoms with Crippen LogP contribution >= 0.6 is 11.6 Å². The first-order valence-corrected chi connectivity index (χ1v) is 6.19. The molecule has 1 aliphatic heterocycles. The van der Waals surface area contributed by atoms with Crippen LogP contribution in [0.25, 0.3) is 0 Å². The van der Waals surface area contributed by atoms with E-state index in [0.29, 0.717) is 24.0 Å². The van der Waals surface area contributed by atoms with E-state index in [4.69, 9.17) is 21.1 Å². The smallest absolute Gasteiger partial charge is 0.137 e. The summed E-state index contributed by atoms with van der Waals surface area (Å²) in [7, 11) is 1.57. The number of ether oxygens (including phenoxy) is 2. The molecular weight excluding hydrogens is 252 g/mol. The zero-order valence-corrected chi connectivity index (χ0v) is 11.0. The summed E-state index contributed by atoms with van der Waals surface area (Å²) >= 11 is 6.09. The minimum absolute atomic E-state index is 0.280. The van der Waals surface area contributed by atoms with Crippen LogP contribution in [0.1, 0.15) is 11.6 Å². The SMILES string of the molecule is COc1ccc(C(C#N)N2CCOCC2)cc1Cl. The molecule has 96 valence electrons. The minimum Gasteiger partial charge on any atom is -0.495 e. The quantitative estimate of drug-likeness (QED) is 0.842. The molecule has 18 heavy (non-hydrogen) atoms. The van der Waals surface area contributed by atoms with Crippen molar-refractivity contribution in [1.29, 1.82) is 5.26 Å². The van der Waals surface area contributed by atoms with E-state index in [1.807, 2.05) is 6.07 Å².